The van der Waals surface area contributed by atoms with E-state index in [0.717, 1.165) is 17.7 Å². The van der Waals surface area contributed by atoms with E-state index in [2.05, 4.69) is 15.9 Å². The summed E-state index contributed by atoms with van der Waals surface area (Å²) in [5.74, 6) is -1.20. The predicted molar refractivity (Wildman–Crippen MR) is 131 cm³/mol. The molecular weight excluding hydrogens is 522 g/mol. The van der Waals surface area contributed by atoms with E-state index >= 15 is 0 Å². The molecule has 2 aromatic carbocycles. The van der Waals surface area contributed by atoms with Crippen molar-refractivity contribution in [2.45, 2.75) is 39.0 Å². The summed E-state index contributed by atoms with van der Waals surface area (Å²) < 4.78 is 34.4. The minimum Gasteiger partial charge on any atom is -0.487 e. The van der Waals surface area contributed by atoms with Gasteiger partial charge in [0, 0.05) is 42.0 Å². The Bertz CT molecular complexity index is 1290. The van der Waals surface area contributed by atoms with E-state index in [1.54, 1.807) is 34.6 Å². The Morgan fingerprint density at radius 1 is 1.11 bits per heavy atom. The highest BCUT2D eigenvalue weighted by Crippen LogP contribution is 2.25. The fourth-order valence-corrected chi connectivity index (χ4v) is 4.44. The second-order valence-electron chi connectivity index (χ2n) is 8.60. The molecule has 0 spiro atoms. The molecule has 1 aliphatic heterocycles. The van der Waals surface area contributed by atoms with Gasteiger partial charge in [-0.05, 0) is 65.5 Å². The Balaban J connectivity index is 1.46. The van der Waals surface area contributed by atoms with Crippen molar-refractivity contribution in [3.05, 3.63) is 97.4 Å². The number of piperidine rings is 1. The highest BCUT2D eigenvalue weighted by molar-refractivity contribution is 9.10. The van der Waals surface area contributed by atoms with Gasteiger partial charge in [0.2, 0.25) is 0 Å². The number of pyridine rings is 1. The molecule has 0 aliphatic carbocycles. The van der Waals surface area contributed by atoms with Crippen LogP contribution >= 0.6 is 15.9 Å². The van der Waals surface area contributed by atoms with Gasteiger partial charge in [-0.1, -0.05) is 12.1 Å². The number of rotatable bonds is 6. The predicted octanol–water partition coefficient (Wildman–Crippen LogP) is 4.42. The average molecular weight is 547 g/mol. The number of nitrogens with zero attached hydrogens (tertiary/aromatic N) is 2. The smallest absolute Gasteiger partial charge is 0.269 e. The van der Waals surface area contributed by atoms with E-state index < -0.39 is 11.6 Å². The summed E-state index contributed by atoms with van der Waals surface area (Å²) in [7, 11) is 0. The number of likely N-dealkylation sites (tertiary alicyclic amines) is 1. The third kappa shape index (κ3) is 5.79. The normalized spacial score (nSPS) is 14.3. The number of carbonyl (C=O) groups excluding carboxylic acids is 1. The lowest BCUT2D eigenvalue weighted by Crippen LogP contribution is -2.40. The molecule has 1 aliphatic rings. The second-order valence-corrected chi connectivity index (χ2v) is 9.39. The van der Waals surface area contributed by atoms with Crippen molar-refractivity contribution in [3.8, 4) is 5.75 Å². The van der Waals surface area contributed by atoms with Crippen molar-refractivity contribution in [2.75, 3.05) is 13.1 Å². The highest BCUT2D eigenvalue weighted by atomic mass is 79.9. The molecule has 0 bridgehead atoms. The zero-order chi connectivity index (χ0) is 25.1. The number of hydrogen-bond donors (Lipinski definition) is 1. The van der Waals surface area contributed by atoms with Crippen LogP contribution in [0.25, 0.3) is 0 Å². The van der Waals surface area contributed by atoms with E-state index in [9.17, 15) is 23.5 Å². The molecule has 9 heteroatoms. The Morgan fingerprint density at radius 2 is 1.80 bits per heavy atom. The van der Waals surface area contributed by atoms with Crippen molar-refractivity contribution in [1.29, 1.82) is 0 Å². The van der Waals surface area contributed by atoms with Crippen LogP contribution in [-0.4, -0.2) is 39.7 Å². The molecule has 1 N–H and O–H groups in total. The van der Waals surface area contributed by atoms with Gasteiger partial charge in [-0.2, -0.15) is 0 Å². The number of aryl methyl sites for hydroxylation is 1. The molecule has 1 aromatic heterocycles. The van der Waals surface area contributed by atoms with Crippen molar-refractivity contribution >= 4 is 21.8 Å². The van der Waals surface area contributed by atoms with E-state index in [1.165, 1.54) is 6.07 Å². The fraction of sp³-hybridized carbons (Fsp3) is 0.308. The van der Waals surface area contributed by atoms with Crippen molar-refractivity contribution in [1.82, 2.24) is 9.47 Å². The Kier molecular flexibility index (Phi) is 7.66. The number of hydrogen-bond acceptors (Lipinski definition) is 4. The summed E-state index contributed by atoms with van der Waals surface area (Å²) in [6.07, 6.45) is 0.821. The van der Waals surface area contributed by atoms with E-state index in [0.29, 0.717) is 43.7 Å². The number of amides is 1. The van der Waals surface area contributed by atoms with Crippen LogP contribution in [0.1, 0.15) is 40.0 Å². The SMILES string of the molecule is Cc1cc(OCc2ccc(F)cc2F)c(Br)c(=O)n1Cc1ccc(C(=O)N2CCC(O)CC2)cc1. The summed E-state index contributed by atoms with van der Waals surface area (Å²) in [6, 6.07) is 12.0. The highest BCUT2D eigenvalue weighted by Gasteiger charge is 2.22. The summed E-state index contributed by atoms with van der Waals surface area (Å²) in [6.45, 7) is 2.97. The van der Waals surface area contributed by atoms with Gasteiger partial charge in [-0.15, -0.1) is 0 Å². The van der Waals surface area contributed by atoms with Gasteiger partial charge >= 0.3 is 0 Å². The molecule has 0 unspecified atom stereocenters. The van der Waals surface area contributed by atoms with Gasteiger partial charge in [0.05, 0.1) is 12.6 Å². The van der Waals surface area contributed by atoms with Gasteiger partial charge in [0.1, 0.15) is 28.5 Å². The molecule has 3 aromatic rings. The number of ether oxygens (including phenoxy) is 1. The van der Waals surface area contributed by atoms with Crippen molar-refractivity contribution < 1.29 is 23.4 Å². The van der Waals surface area contributed by atoms with Crippen LogP contribution in [0.15, 0.2) is 57.8 Å². The third-order valence-electron chi connectivity index (χ3n) is 6.11. The Morgan fingerprint density at radius 3 is 2.46 bits per heavy atom. The minimum atomic E-state index is -0.717. The van der Waals surface area contributed by atoms with Gasteiger partial charge in [-0.3, -0.25) is 9.59 Å². The van der Waals surface area contributed by atoms with Crippen LogP contribution in [0, 0.1) is 18.6 Å². The number of aliphatic hydroxyl groups is 1. The molecule has 35 heavy (non-hydrogen) atoms. The van der Waals surface area contributed by atoms with Crippen LogP contribution < -0.4 is 10.3 Å². The molecule has 0 saturated carbocycles. The molecule has 0 radical (unpaired) electrons. The molecule has 184 valence electrons. The minimum absolute atomic E-state index is 0.0707. The molecular formula is C26H25BrF2N2O4. The molecule has 4 rings (SSSR count). The van der Waals surface area contributed by atoms with Crippen molar-refractivity contribution in [2.24, 2.45) is 0 Å². The lowest BCUT2D eigenvalue weighted by molar-refractivity contribution is 0.0546. The van der Waals surface area contributed by atoms with E-state index in [4.69, 9.17) is 4.74 Å². The topological polar surface area (TPSA) is 71.8 Å². The summed E-state index contributed by atoms with van der Waals surface area (Å²) in [4.78, 5) is 27.4. The van der Waals surface area contributed by atoms with Crippen LogP contribution in [0.5, 0.6) is 5.75 Å². The largest absolute Gasteiger partial charge is 0.487 e. The van der Waals surface area contributed by atoms with Crippen molar-refractivity contribution in [3.63, 3.8) is 0 Å². The number of carbonyl (C=O) groups is 1. The zero-order valence-corrected chi connectivity index (χ0v) is 20.7. The number of halogens is 3. The molecule has 0 atom stereocenters. The monoisotopic (exact) mass is 546 g/mol. The molecule has 2 heterocycles. The maximum absolute atomic E-state index is 13.9. The van der Waals surface area contributed by atoms with E-state index in [1.807, 2.05) is 12.1 Å². The summed E-state index contributed by atoms with van der Waals surface area (Å²) in [5.41, 5.74) is 1.91. The first-order valence-electron chi connectivity index (χ1n) is 11.3. The average Bonchev–Trinajstić information content (AvgIpc) is 2.84. The third-order valence-corrected chi connectivity index (χ3v) is 6.84. The van der Waals surface area contributed by atoms with Crippen LogP contribution in [0.2, 0.25) is 0 Å². The van der Waals surface area contributed by atoms with Gasteiger partial charge in [-0.25, -0.2) is 8.78 Å². The lowest BCUT2D eigenvalue weighted by Gasteiger charge is -2.29. The first-order valence-corrected chi connectivity index (χ1v) is 12.0. The van der Waals surface area contributed by atoms with Crippen LogP contribution in [-0.2, 0) is 13.2 Å². The number of benzene rings is 2. The first kappa shape index (κ1) is 25.1. The van der Waals surface area contributed by atoms with Crippen LogP contribution in [0.3, 0.4) is 0 Å². The Hall–Kier alpha value is -3.04. The molecule has 1 amide bonds. The maximum Gasteiger partial charge on any atom is 0.269 e. The number of aliphatic hydroxyl groups excluding tert-OH is 1. The summed E-state index contributed by atoms with van der Waals surface area (Å²) in [5, 5.41) is 9.63. The Labute approximate surface area is 209 Å². The first-order chi connectivity index (χ1) is 16.7. The summed E-state index contributed by atoms with van der Waals surface area (Å²) >= 11 is 3.28. The van der Waals surface area contributed by atoms with Crippen LogP contribution in [0.4, 0.5) is 8.78 Å². The second kappa shape index (κ2) is 10.7. The zero-order valence-electron chi connectivity index (χ0n) is 19.1. The fourth-order valence-electron chi connectivity index (χ4n) is 4.00. The van der Waals surface area contributed by atoms with E-state index in [-0.39, 0.29) is 40.0 Å². The molecule has 6 nitrogen and oxygen atoms in total. The van der Waals surface area contributed by atoms with Gasteiger partial charge in [0.25, 0.3) is 11.5 Å². The molecule has 1 fully saturated rings. The standard InChI is InChI=1S/C26H25BrF2N2O4/c1-16-12-23(35-15-19-6-7-20(28)13-22(19)29)24(27)26(34)31(16)14-17-2-4-18(5-3-17)25(33)30-10-8-21(32)9-11-30/h2-7,12-13,21,32H,8-11,14-15H2,1H3. The maximum atomic E-state index is 13.9. The quantitative estimate of drug-likeness (QED) is 0.496. The van der Waals surface area contributed by atoms with Gasteiger partial charge in [0.15, 0.2) is 0 Å². The van der Waals surface area contributed by atoms with Gasteiger partial charge < -0.3 is 19.3 Å². The number of aromatic nitrogens is 1. The molecule has 1 saturated heterocycles. The lowest BCUT2D eigenvalue weighted by atomic mass is 10.1.